The number of Topliss-reactive ketones (excluding diaryl/α,β-unsaturated/α-hetero) is 2. The number of aliphatic hydroxyl groups excluding tert-OH is 1. The molecular formula is C17H30O7Ti. The average Bonchev–Trinajstić information content (AvgIpc) is 2.41. The summed E-state index contributed by atoms with van der Waals surface area (Å²) < 4.78 is 0. The SMILES string of the molecule is CC(C)O.CCCCC(=O)CC(=O)[O-].CCCCC(=O)CC(=O)[O-].[Ti+2]. The summed E-state index contributed by atoms with van der Waals surface area (Å²) in [6.07, 6.45) is 3.07. The zero-order valence-corrected chi connectivity index (χ0v) is 17.2. The molecule has 0 aliphatic carbocycles. The minimum absolute atomic E-state index is 0. The summed E-state index contributed by atoms with van der Waals surface area (Å²) in [6, 6.07) is 0. The number of aliphatic carboxylic acids is 2. The first-order valence-electron chi connectivity index (χ1n) is 8.17. The molecule has 0 spiro atoms. The first kappa shape index (κ1) is 31.7. The largest absolute Gasteiger partial charge is 2.00 e. The van der Waals surface area contributed by atoms with Crippen LogP contribution in [-0.4, -0.2) is 34.7 Å². The quantitative estimate of drug-likeness (QED) is 0.412. The minimum atomic E-state index is -1.28. The van der Waals surface area contributed by atoms with Gasteiger partial charge in [-0.25, -0.2) is 0 Å². The van der Waals surface area contributed by atoms with E-state index in [1.54, 1.807) is 13.8 Å². The van der Waals surface area contributed by atoms with E-state index in [2.05, 4.69) is 0 Å². The van der Waals surface area contributed by atoms with E-state index in [9.17, 15) is 29.4 Å². The van der Waals surface area contributed by atoms with E-state index >= 15 is 0 Å². The molecule has 0 aromatic heterocycles. The Bertz CT molecular complexity index is 333. The Morgan fingerprint density at radius 3 is 1.20 bits per heavy atom. The molecule has 144 valence electrons. The molecule has 8 heteroatoms. The maximum absolute atomic E-state index is 10.6. The van der Waals surface area contributed by atoms with E-state index in [4.69, 9.17) is 5.11 Å². The molecule has 0 saturated carbocycles. The molecule has 0 unspecified atom stereocenters. The summed E-state index contributed by atoms with van der Waals surface area (Å²) >= 11 is 0. The van der Waals surface area contributed by atoms with Crippen LogP contribution < -0.4 is 10.2 Å². The van der Waals surface area contributed by atoms with Crippen LogP contribution in [0.25, 0.3) is 0 Å². The number of carbonyl (C=O) groups excluding carboxylic acids is 4. The van der Waals surface area contributed by atoms with Gasteiger partial charge in [-0.2, -0.15) is 0 Å². The first-order valence-corrected chi connectivity index (χ1v) is 8.17. The smallest absolute Gasteiger partial charge is 0.550 e. The van der Waals surface area contributed by atoms with Crippen LogP contribution in [0.1, 0.15) is 79.1 Å². The third kappa shape index (κ3) is 45.1. The third-order valence-corrected chi connectivity index (χ3v) is 2.30. The molecule has 0 amide bonds. The zero-order valence-electron chi connectivity index (χ0n) is 15.6. The normalized spacial score (nSPS) is 8.88. The van der Waals surface area contributed by atoms with Crippen LogP contribution in [0.4, 0.5) is 0 Å². The fourth-order valence-corrected chi connectivity index (χ4v) is 1.25. The van der Waals surface area contributed by atoms with Crippen molar-refractivity contribution in [1.82, 2.24) is 0 Å². The van der Waals surface area contributed by atoms with Crippen molar-refractivity contribution in [1.29, 1.82) is 0 Å². The van der Waals surface area contributed by atoms with Crippen LogP contribution in [0.15, 0.2) is 0 Å². The van der Waals surface area contributed by atoms with E-state index in [-0.39, 0.29) is 39.4 Å². The molecule has 0 aliphatic rings. The van der Waals surface area contributed by atoms with Gasteiger partial charge in [0, 0.05) is 43.7 Å². The van der Waals surface area contributed by atoms with E-state index in [1.165, 1.54) is 0 Å². The number of unbranched alkanes of at least 4 members (excludes halogenated alkanes) is 2. The van der Waals surface area contributed by atoms with Crippen molar-refractivity contribution >= 4 is 23.5 Å². The predicted octanol–water partition coefficient (Wildman–Crippen LogP) is 0.156. The van der Waals surface area contributed by atoms with Crippen molar-refractivity contribution < 1.29 is 56.2 Å². The molecule has 0 heterocycles. The van der Waals surface area contributed by atoms with Crippen molar-refractivity contribution in [2.24, 2.45) is 0 Å². The monoisotopic (exact) mass is 394 g/mol. The maximum atomic E-state index is 10.6. The van der Waals surface area contributed by atoms with Gasteiger partial charge >= 0.3 is 21.7 Å². The number of ketones is 2. The van der Waals surface area contributed by atoms with E-state index < -0.39 is 24.8 Å². The molecule has 0 aromatic carbocycles. The van der Waals surface area contributed by atoms with Gasteiger partial charge in [0.1, 0.15) is 11.6 Å². The molecule has 1 N–H and O–H groups in total. The molecule has 0 saturated heterocycles. The van der Waals surface area contributed by atoms with Gasteiger partial charge < -0.3 is 24.9 Å². The second kappa shape index (κ2) is 23.0. The maximum Gasteiger partial charge on any atom is 2.00 e. The van der Waals surface area contributed by atoms with Crippen LogP contribution >= 0.6 is 0 Å². The molecule has 0 aliphatic heterocycles. The third-order valence-electron chi connectivity index (χ3n) is 2.30. The van der Waals surface area contributed by atoms with Gasteiger partial charge in [0.25, 0.3) is 0 Å². The molecular weight excluding hydrogens is 364 g/mol. The Balaban J connectivity index is -0.000000141. The predicted molar refractivity (Wildman–Crippen MR) is 85.7 cm³/mol. The Morgan fingerprint density at radius 1 is 0.800 bits per heavy atom. The van der Waals surface area contributed by atoms with Crippen molar-refractivity contribution in [3.05, 3.63) is 0 Å². The number of hydrogen-bond donors (Lipinski definition) is 1. The zero-order chi connectivity index (χ0) is 19.5. The number of hydrogen-bond acceptors (Lipinski definition) is 7. The van der Waals surface area contributed by atoms with Gasteiger partial charge in [0.15, 0.2) is 0 Å². The Hall–Kier alpha value is -1.05. The molecule has 0 fully saturated rings. The van der Waals surface area contributed by atoms with Gasteiger partial charge in [-0.3, -0.25) is 9.59 Å². The molecule has 0 aromatic rings. The van der Waals surface area contributed by atoms with Crippen LogP contribution in [0.5, 0.6) is 0 Å². The van der Waals surface area contributed by atoms with Crippen molar-refractivity contribution in [2.45, 2.75) is 85.2 Å². The Labute approximate surface area is 165 Å². The van der Waals surface area contributed by atoms with E-state index in [0.717, 1.165) is 25.7 Å². The Morgan fingerprint density at radius 2 is 1.04 bits per heavy atom. The number of aliphatic hydroxyl groups is 1. The number of carboxylic acids is 2. The van der Waals surface area contributed by atoms with Crippen molar-refractivity contribution in [2.75, 3.05) is 0 Å². The molecule has 0 rings (SSSR count). The van der Waals surface area contributed by atoms with Gasteiger partial charge in [0.2, 0.25) is 0 Å². The van der Waals surface area contributed by atoms with Crippen LogP contribution in [0, 0.1) is 0 Å². The second-order valence-corrected chi connectivity index (χ2v) is 5.48. The van der Waals surface area contributed by atoms with Crippen molar-refractivity contribution in [3.8, 4) is 0 Å². The molecule has 0 radical (unpaired) electrons. The molecule has 7 nitrogen and oxygen atoms in total. The summed E-state index contributed by atoms with van der Waals surface area (Å²) in [4.78, 5) is 40.9. The van der Waals surface area contributed by atoms with Crippen LogP contribution in [0.2, 0.25) is 0 Å². The summed E-state index contributed by atoms with van der Waals surface area (Å²) in [5.74, 6) is -3.02. The average molecular weight is 394 g/mol. The van der Waals surface area contributed by atoms with Crippen LogP contribution in [-0.2, 0) is 40.9 Å². The second-order valence-electron chi connectivity index (χ2n) is 5.48. The van der Waals surface area contributed by atoms with Gasteiger partial charge in [0.05, 0.1) is 0 Å². The summed E-state index contributed by atoms with van der Waals surface area (Å²) in [5.41, 5.74) is 0. The molecule has 0 atom stereocenters. The van der Waals surface area contributed by atoms with E-state index in [0.29, 0.717) is 12.8 Å². The fourth-order valence-electron chi connectivity index (χ4n) is 1.25. The summed E-state index contributed by atoms with van der Waals surface area (Å²) in [7, 11) is 0. The number of rotatable bonds is 10. The van der Waals surface area contributed by atoms with Crippen molar-refractivity contribution in [3.63, 3.8) is 0 Å². The Kier molecular flexibility index (Phi) is 29.1. The minimum Gasteiger partial charge on any atom is -0.550 e. The fraction of sp³-hybridized carbons (Fsp3) is 0.765. The first-order chi connectivity index (χ1) is 11.1. The molecule has 0 bridgehead atoms. The standard InChI is InChI=1S/2C7H12O3.C3H8O.Ti/c2*1-2-3-4-6(8)5-7(9)10;1-3(2)4;/h2*2-5H2,1H3,(H,9,10);3-4H,1-2H3;/q;;;+2/p-2. The van der Waals surface area contributed by atoms with E-state index in [1.807, 2.05) is 13.8 Å². The number of carboxylic acid groups (broad SMARTS) is 2. The van der Waals surface area contributed by atoms with Crippen LogP contribution in [0.3, 0.4) is 0 Å². The summed E-state index contributed by atoms with van der Waals surface area (Å²) in [5, 5.41) is 27.7. The van der Waals surface area contributed by atoms with Gasteiger partial charge in [-0.05, 0) is 26.7 Å². The van der Waals surface area contributed by atoms with Gasteiger partial charge in [-0.1, -0.05) is 26.7 Å². The summed E-state index contributed by atoms with van der Waals surface area (Å²) in [6.45, 7) is 7.35. The number of carbonyl (C=O) groups is 4. The molecule has 25 heavy (non-hydrogen) atoms. The van der Waals surface area contributed by atoms with Gasteiger partial charge in [-0.15, -0.1) is 0 Å². The topological polar surface area (TPSA) is 135 Å².